The van der Waals surface area contributed by atoms with Gasteiger partial charge in [-0.3, -0.25) is 4.99 Å². The lowest BCUT2D eigenvalue weighted by Crippen LogP contribution is -2.39. The van der Waals surface area contributed by atoms with E-state index in [0.717, 1.165) is 23.4 Å². The van der Waals surface area contributed by atoms with E-state index in [1.165, 1.54) is 0 Å². The van der Waals surface area contributed by atoms with Crippen molar-refractivity contribution >= 4 is 41.5 Å². The van der Waals surface area contributed by atoms with Crippen LogP contribution < -0.4 is 15.4 Å². The maximum absolute atomic E-state index is 10.4. The first kappa shape index (κ1) is 23.5. The van der Waals surface area contributed by atoms with Gasteiger partial charge >= 0.3 is 0 Å². The molecule has 0 aromatic heterocycles. The van der Waals surface area contributed by atoms with Gasteiger partial charge in [0.2, 0.25) is 0 Å². The Hall–Kier alpha value is -1.51. The number of nitrogens with one attached hydrogen (secondary N) is 2. The van der Waals surface area contributed by atoms with E-state index >= 15 is 0 Å². The molecule has 0 fully saturated rings. The fourth-order valence-electron chi connectivity index (χ4n) is 2.47. The maximum Gasteiger partial charge on any atom is 0.191 e. The fraction of sp³-hybridized carbons (Fsp3) is 0.350. The van der Waals surface area contributed by atoms with Crippen LogP contribution >= 0.6 is 35.6 Å². The van der Waals surface area contributed by atoms with Gasteiger partial charge in [0, 0.05) is 11.6 Å². The maximum atomic E-state index is 10.4. The molecule has 2 rings (SSSR count). The summed E-state index contributed by atoms with van der Waals surface area (Å²) in [4.78, 5) is 4.50. The monoisotopic (exact) mass is 503 g/mol. The molecule has 2 aromatic carbocycles. The Morgan fingerprint density at radius 3 is 2.26 bits per heavy atom. The van der Waals surface area contributed by atoms with Gasteiger partial charge in [-0.15, -0.1) is 24.0 Å². The van der Waals surface area contributed by atoms with Crippen LogP contribution in [0.1, 0.15) is 37.1 Å². The number of hydrogen-bond acceptors (Lipinski definition) is 3. The smallest absolute Gasteiger partial charge is 0.191 e. The Balaban J connectivity index is 0.00000364. The number of benzene rings is 2. The van der Waals surface area contributed by atoms with E-state index in [-0.39, 0.29) is 36.6 Å². The minimum atomic E-state index is -0.679. The average Bonchev–Trinajstić information content (AvgIpc) is 2.66. The second-order valence-corrected chi connectivity index (χ2v) is 6.36. The second-order valence-electron chi connectivity index (χ2n) is 5.93. The third-order valence-corrected chi connectivity index (χ3v) is 4.24. The third-order valence-electron chi connectivity index (χ3n) is 3.99. The van der Waals surface area contributed by atoms with Gasteiger partial charge in [0.05, 0.1) is 25.8 Å². The minimum absolute atomic E-state index is 0. The first-order chi connectivity index (χ1) is 12.5. The van der Waals surface area contributed by atoms with Gasteiger partial charge in [-0.25, -0.2) is 0 Å². The predicted molar refractivity (Wildman–Crippen MR) is 122 cm³/mol. The Morgan fingerprint density at radius 1 is 1.11 bits per heavy atom. The van der Waals surface area contributed by atoms with E-state index in [4.69, 9.17) is 16.3 Å². The van der Waals surface area contributed by atoms with Crippen molar-refractivity contribution in [3.8, 4) is 5.75 Å². The molecule has 0 spiro atoms. The van der Waals surface area contributed by atoms with Crippen LogP contribution in [0, 0.1) is 0 Å². The molecule has 3 N–H and O–H groups in total. The second kappa shape index (κ2) is 12.0. The van der Waals surface area contributed by atoms with Crippen LogP contribution in [0.3, 0.4) is 0 Å². The van der Waals surface area contributed by atoms with Crippen molar-refractivity contribution in [1.29, 1.82) is 0 Å². The van der Waals surface area contributed by atoms with Crippen LogP contribution in [0.2, 0.25) is 5.02 Å². The van der Waals surface area contributed by atoms with Gasteiger partial charge < -0.3 is 20.5 Å². The minimum Gasteiger partial charge on any atom is -0.497 e. The summed E-state index contributed by atoms with van der Waals surface area (Å²) in [5.41, 5.74) is 1.91. The first-order valence-corrected chi connectivity index (χ1v) is 9.03. The summed E-state index contributed by atoms with van der Waals surface area (Å²) < 4.78 is 5.13. The quantitative estimate of drug-likeness (QED) is 0.299. The number of nitrogens with zero attached hydrogens (tertiary/aromatic N) is 1. The molecular weight excluding hydrogens is 477 g/mol. The molecule has 2 aromatic rings. The molecule has 0 radical (unpaired) electrons. The highest BCUT2D eigenvalue weighted by Gasteiger charge is 2.10. The number of methoxy groups -OCH3 is 1. The van der Waals surface area contributed by atoms with E-state index in [1.54, 1.807) is 7.11 Å². The summed E-state index contributed by atoms with van der Waals surface area (Å²) in [7, 11) is 1.62. The lowest BCUT2D eigenvalue weighted by atomic mass is 10.1. The van der Waals surface area contributed by atoms with Crippen molar-refractivity contribution in [2.24, 2.45) is 4.99 Å². The Kier molecular flexibility index (Phi) is 10.5. The van der Waals surface area contributed by atoms with Gasteiger partial charge in [-0.05, 0) is 49.2 Å². The zero-order valence-corrected chi connectivity index (χ0v) is 18.9. The molecule has 2 unspecified atom stereocenters. The van der Waals surface area contributed by atoms with E-state index in [2.05, 4.69) is 22.5 Å². The number of rotatable bonds is 7. The summed E-state index contributed by atoms with van der Waals surface area (Å²) in [6, 6.07) is 15.1. The molecule has 0 heterocycles. The van der Waals surface area contributed by atoms with Crippen LogP contribution in [0.4, 0.5) is 0 Å². The van der Waals surface area contributed by atoms with E-state index in [0.29, 0.717) is 11.0 Å². The third kappa shape index (κ3) is 7.56. The van der Waals surface area contributed by atoms with Crippen LogP contribution in [0.5, 0.6) is 5.75 Å². The highest BCUT2D eigenvalue weighted by Crippen LogP contribution is 2.18. The zero-order valence-electron chi connectivity index (χ0n) is 15.8. The van der Waals surface area contributed by atoms with Gasteiger partial charge in [0.15, 0.2) is 5.96 Å². The van der Waals surface area contributed by atoms with Crippen molar-refractivity contribution in [2.45, 2.75) is 26.0 Å². The number of hydrogen-bond donors (Lipinski definition) is 3. The van der Waals surface area contributed by atoms with Crippen LogP contribution in [-0.4, -0.2) is 31.3 Å². The molecule has 0 amide bonds. The van der Waals surface area contributed by atoms with E-state index < -0.39 is 6.10 Å². The summed E-state index contributed by atoms with van der Waals surface area (Å²) in [6.07, 6.45) is -0.679. The molecule has 5 nitrogen and oxygen atoms in total. The fourth-order valence-corrected chi connectivity index (χ4v) is 2.60. The molecule has 0 saturated carbocycles. The van der Waals surface area contributed by atoms with Gasteiger partial charge in [-0.1, -0.05) is 35.9 Å². The number of aliphatic hydroxyl groups is 1. The van der Waals surface area contributed by atoms with Crippen LogP contribution in [0.15, 0.2) is 53.5 Å². The largest absolute Gasteiger partial charge is 0.497 e. The van der Waals surface area contributed by atoms with Crippen LogP contribution in [-0.2, 0) is 0 Å². The highest BCUT2D eigenvalue weighted by molar-refractivity contribution is 14.0. The molecule has 7 heteroatoms. The first-order valence-electron chi connectivity index (χ1n) is 8.65. The highest BCUT2D eigenvalue weighted by atomic mass is 127. The summed E-state index contributed by atoms with van der Waals surface area (Å²) in [5.74, 6) is 1.42. The molecule has 2 atom stereocenters. The Labute approximate surface area is 183 Å². The van der Waals surface area contributed by atoms with Crippen molar-refractivity contribution in [2.75, 3.05) is 20.2 Å². The number of aliphatic hydroxyl groups excluding tert-OH is 1. The summed E-state index contributed by atoms with van der Waals surface area (Å²) in [6.45, 7) is 5.05. The molecule has 0 aliphatic heterocycles. The van der Waals surface area contributed by atoms with E-state index in [9.17, 15) is 5.11 Å². The summed E-state index contributed by atoms with van der Waals surface area (Å²) in [5, 5.41) is 17.6. The summed E-state index contributed by atoms with van der Waals surface area (Å²) >= 11 is 5.94. The van der Waals surface area contributed by atoms with Gasteiger partial charge in [0.1, 0.15) is 5.75 Å². The van der Waals surface area contributed by atoms with Crippen molar-refractivity contribution < 1.29 is 9.84 Å². The number of halogens is 2. The molecule has 0 aliphatic rings. The van der Waals surface area contributed by atoms with Crippen molar-refractivity contribution in [3.05, 3.63) is 64.7 Å². The average molecular weight is 504 g/mol. The molecule has 0 saturated heterocycles. The normalized spacial score (nSPS) is 13.3. The molecule has 148 valence electrons. The van der Waals surface area contributed by atoms with Gasteiger partial charge in [-0.2, -0.15) is 0 Å². The number of guanidine groups is 1. The standard InChI is InChI=1S/C20H26ClN3O2.HI/c1-4-22-20(24-14(2)15-5-9-17(21)10-6-15)23-13-19(25)16-7-11-18(26-3)12-8-16;/h5-12,14,19,25H,4,13H2,1-3H3,(H2,22,23,24);1H. The Morgan fingerprint density at radius 2 is 1.70 bits per heavy atom. The number of aliphatic imine (C=N–C) groups is 1. The SMILES string of the molecule is CCNC(=NCC(O)c1ccc(OC)cc1)NC(C)c1ccc(Cl)cc1.I. The topological polar surface area (TPSA) is 65.9 Å². The van der Waals surface area contributed by atoms with Crippen molar-refractivity contribution in [1.82, 2.24) is 10.6 Å². The molecule has 27 heavy (non-hydrogen) atoms. The van der Waals surface area contributed by atoms with Crippen LogP contribution in [0.25, 0.3) is 0 Å². The van der Waals surface area contributed by atoms with Gasteiger partial charge in [0.25, 0.3) is 0 Å². The Bertz CT molecular complexity index is 708. The number of ether oxygens (including phenoxy) is 1. The lowest BCUT2D eigenvalue weighted by molar-refractivity contribution is 0.187. The molecular formula is C20H27ClIN3O2. The van der Waals surface area contributed by atoms with Crippen molar-refractivity contribution in [3.63, 3.8) is 0 Å². The molecule has 0 bridgehead atoms. The predicted octanol–water partition coefficient (Wildman–Crippen LogP) is 4.32. The molecule has 0 aliphatic carbocycles. The lowest BCUT2D eigenvalue weighted by Gasteiger charge is -2.19. The zero-order chi connectivity index (χ0) is 18.9. The van der Waals surface area contributed by atoms with E-state index in [1.807, 2.05) is 55.5 Å².